The van der Waals surface area contributed by atoms with Crippen LogP contribution in [-0.2, 0) is 10.0 Å². The van der Waals surface area contributed by atoms with Gasteiger partial charge in [0, 0.05) is 21.5 Å². The van der Waals surface area contributed by atoms with E-state index in [-0.39, 0.29) is 6.04 Å². The number of halogens is 2. The summed E-state index contributed by atoms with van der Waals surface area (Å²) in [5, 5.41) is 3.27. The maximum atomic E-state index is 13.0. The summed E-state index contributed by atoms with van der Waals surface area (Å²) in [6.45, 7) is 6.07. The first-order chi connectivity index (χ1) is 9.87. The van der Waals surface area contributed by atoms with Gasteiger partial charge in [-0.2, -0.15) is 4.31 Å². The van der Waals surface area contributed by atoms with Gasteiger partial charge < -0.3 is 5.32 Å². The van der Waals surface area contributed by atoms with Crippen molar-refractivity contribution in [1.82, 2.24) is 9.62 Å². The third-order valence-corrected chi connectivity index (χ3v) is 7.67. The van der Waals surface area contributed by atoms with Gasteiger partial charge >= 0.3 is 0 Å². The molecule has 118 valence electrons. The second-order valence-corrected chi connectivity index (χ2v) is 8.79. The van der Waals surface area contributed by atoms with Crippen LogP contribution in [-0.4, -0.2) is 38.4 Å². The van der Waals surface area contributed by atoms with E-state index in [1.807, 2.05) is 19.9 Å². The maximum absolute atomic E-state index is 13.0. The summed E-state index contributed by atoms with van der Waals surface area (Å²) in [6, 6.07) is 3.61. The Kier molecular flexibility index (Phi) is 5.87. The van der Waals surface area contributed by atoms with Gasteiger partial charge in [0.15, 0.2) is 0 Å². The third kappa shape index (κ3) is 3.69. The van der Waals surface area contributed by atoms with Crippen LogP contribution in [0.4, 0.5) is 0 Å². The highest BCUT2D eigenvalue weighted by molar-refractivity contribution is 9.11. The quantitative estimate of drug-likeness (QED) is 0.782. The number of sulfonamides is 1. The molecule has 0 bridgehead atoms. The molecule has 1 fully saturated rings. The maximum Gasteiger partial charge on any atom is 0.244 e. The smallest absolute Gasteiger partial charge is 0.244 e. The lowest BCUT2D eigenvalue weighted by Crippen LogP contribution is -2.46. The number of hydrogen-bond donors (Lipinski definition) is 1. The van der Waals surface area contributed by atoms with Gasteiger partial charge in [-0.15, -0.1) is 0 Å². The first-order valence-corrected chi connectivity index (χ1v) is 10.1. The molecule has 21 heavy (non-hydrogen) atoms. The fourth-order valence-corrected chi connectivity index (χ4v) is 6.01. The Labute approximate surface area is 143 Å². The van der Waals surface area contributed by atoms with Crippen molar-refractivity contribution in [2.45, 2.75) is 37.6 Å². The average Bonchev–Trinajstić information content (AvgIpc) is 2.44. The third-order valence-electron chi connectivity index (χ3n) is 3.83. The van der Waals surface area contributed by atoms with Crippen molar-refractivity contribution in [3.8, 4) is 0 Å². The van der Waals surface area contributed by atoms with Crippen molar-refractivity contribution < 1.29 is 8.42 Å². The number of hydrogen-bond acceptors (Lipinski definition) is 3. The van der Waals surface area contributed by atoms with Crippen molar-refractivity contribution in [2.24, 2.45) is 0 Å². The molecule has 1 saturated heterocycles. The monoisotopic (exact) mass is 438 g/mol. The minimum Gasteiger partial charge on any atom is -0.317 e. The van der Waals surface area contributed by atoms with Gasteiger partial charge in [0.25, 0.3) is 0 Å². The van der Waals surface area contributed by atoms with Crippen molar-refractivity contribution in [3.63, 3.8) is 0 Å². The van der Waals surface area contributed by atoms with E-state index < -0.39 is 10.0 Å². The van der Waals surface area contributed by atoms with Crippen LogP contribution in [0.15, 0.2) is 26.0 Å². The molecule has 1 aromatic carbocycles. The zero-order valence-electron chi connectivity index (χ0n) is 12.2. The Morgan fingerprint density at radius 1 is 1.24 bits per heavy atom. The van der Waals surface area contributed by atoms with Gasteiger partial charge in [0.1, 0.15) is 0 Å². The first-order valence-electron chi connectivity index (χ1n) is 7.06. The zero-order valence-corrected chi connectivity index (χ0v) is 16.2. The van der Waals surface area contributed by atoms with Crippen LogP contribution in [0, 0.1) is 6.92 Å². The lowest BCUT2D eigenvalue weighted by Gasteiger charge is -2.33. The fraction of sp³-hybridized carbons (Fsp3) is 0.571. The molecule has 1 heterocycles. The molecule has 0 spiro atoms. The van der Waals surface area contributed by atoms with E-state index >= 15 is 0 Å². The fourth-order valence-electron chi connectivity index (χ4n) is 2.67. The molecule has 1 aromatic rings. The van der Waals surface area contributed by atoms with E-state index in [1.165, 1.54) is 0 Å². The molecule has 0 unspecified atom stereocenters. The number of benzene rings is 1. The van der Waals surface area contributed by atoms with Gasteiger partial charge in [-0.05, 0) is 66.5 Å². The highest BCUT2D eigenvalue weighted by atomic mass is 79.9. The normalized spacial score (nSPS) is 17.4. The highest BCUT2D eigenvalue weighted by Crippen LogP contribution is 2.32. The van der Waals surface area contributed by atoms with Crippen LogP contribution in [0.5, 0.6) is 0 Å². The number of nitrogens with zero attached hydrogens (tertiary/aromatic N) is 1. The standard InChI is InChI=1S/C14H20Br2N2O2S/c1-3-18(11-4-6-17-7-5-11)21(19,20)14-9-12(15)10(2)8-13(14)16/h8-9,11,17H,3-7H2,1-2H3. The minimum atomic E-state index is -3.49. The molecule has 0 aromatic heterocycles. The molecule has 0 aliphatic carbocycles. The summed E-state index contributed by atoms with van der Waals surface area (Å²) < 4.78 is 29.1. The van der Waals surface area contributed by atoms with E-state index in [2.05, 4.69) is 37.2 Å². The molecule has 0 atom stereocenters. The van der Waals surface area contributed by atoms with Gasteiger partial charge in [-0.25, -0.2) is 8.42 Å². The van der Waals surface area contributed by atoms with E-state index in [1.54, 1.807) is 10.4 Å². The SMILES string of the molecule is CCN(C1CCNCC1)S(=O)(=O)c1cc(Br)c(C)cc1Br. The number of piperidine rings is 1. The van der Waals surface area contributed by atoms with Crippen molar-refractivity contribution in [1.29, 1.82) is 0 Å². The molecule has 7 heteroatoms. The molecule has 2 rings (SSSR count). The highest BCUT2D eigenvalue weighted by Gasteiger charge is 2.32. The topological polar surface area (TPSA) is 49.4 Å². The summed E-state index contributed by atoms with van der Waals surface area (Å²) in [4.78, 5) is 0.334. The number of nitrogens with one attached hydrogen (secondary N) is 1. The Morgan fingerprint density at radius 2 is 1.86 bits per heavy atom. The lowest BCUT2D eigenvalue weighted by atomic mass is 10.1. The molecular formula is C14H20Br2N2O2S. The van der Waals surface area contributed by atoms with E-state index in [0.717, 1.165) is 36.0 Å². The van der Waals surface area contributed by atoms with Crippen LogP contribution < -0.4 is 5.32 Å². The summed E-state index contributed by atoms with van der Waals surface area (Å²) in [7, 11) is -3.49. The predicted octanol–water partition coefficient (Wildman–Crippen LogP) is 3.28. The van der Waals surface area contributed by atoms with Crippen LogP contribution >= 0.6 is 31.9 Å². The Balaban J connectivity index is 2.41. The summed E-state index contributed by atoms with van der Waals surface area (Å²) in [6.07, 6.45) is 1.72. The molecule has 4 nitrogen and oxygen atoms in total. The van der Waals surface area contributed by atoms with E-state index in [9.17, 15) is 8.42 Å². The number of rotatable bonds is 4. The summed E-state index contributed by atoms with van der Waals surface area (Å²) >= 11 is 6.83. The van der Waals surface area contributed by atoms with Crippen molar-refractivity contribution in [2.75, 3.05) is 19.6 Å². The van der Waals surface area contributed by atoms with Crippen molar-refractivity contribution in [3.05, 3.63) is 26.6 Å². The van der Waals surface area contributed by atoms with Crippen molar-refractivity contribution >= 4 is 41.9 Å². The van der Waals surface area contributed by atoms with Gasteiger partial charge in [0.05, 0.1) is 4.90 Å². The molecule has 0 saturated carbocycles. The van der Waals surface area contributed by atoms with Crippen LogP contribution in [0.1, 0.15) is 25.3 Å². The van der Waals surface area contributed by atoms with Crippen LogP contribution in [0.25, 0.3) is 0 Å². The van der Waals surface area contributed by atoms with E-state index in [4.69, 9.17) is 0 Å². The van der Waals surface area contributed by atoms with Gasteiger partial charge in [-0.1, -0.05) is 22.9 Å². The molecular weight excluding hydrogens is 420 g/mol. The zero-order chi connectivity index (χ0) is 15.6. The summed E-state index contributed by atoms with van der Waals surface area (Å²) in [5.74, 6) is 0. The minimum absolute atomic E-state index is 0.0771. The van der Waals surface area contributed by atoms with Crippen LogP contribution in [0.3, 0.4) is 0 Å². The van der Waals surface area contributed by atoms with Gasteiger partial charge in [0.2, 0.25) is 10.0 Å². The second kappa shape index (κ2) is 7.08. The molecule has 0 amide bonds. The largest absolute Gasteiger partial charge is 0.317 e. The second-order valence-electron chi connectivity index (χ2n) is 5.22. The molecule has 0 radical (unpaired) electrons. The molecule has 1 aliphatic heterocycles. The Morgan fingerprint density at radius 3 is 2.43 bits per heavy atom. The van der Waals surface area contributed by atoms with Crippen LogP contribution in [0.2, 0.25) is 0 Å². The summed E-state index contributed by atoms with van der Waals surface area (Å²) in [5.41, 5.74) is 1.01. The Bertz CT molecular complexity index is 614. The first kappa shape index (κ1) is 17.4. The Hall–Kier alpha value is 0.0500. The molecule has 1 aliphatic rings. The predicted molar refractivity (Wildman–Crippen MR) is 92.0 cm³/mol. The van der Waals surface area contributed by atoms with E-state index in [0.29, 0.717) is 15.9 Å². The average molecular weight is 440 g/mol. The molecule has 1 N–H and O–H groups in total. The lowest BCUT2D eigenvalue weighted by molar-refractivity contribution is 0.270. The number of aryl methyl sites for hydroxylation is 1. The van der Waals surface area contributed by atoms with Gasteiger partial charge in [-0.3, -0.25) is 0 Å².